The van der Waals surface area contributed by atoms with Crippen LogP contribution in [0.4, 0.5) is 13.2 Å². The SMILES string of the molecule is CCNC(=NCCCOCc1ccco1)NCCN(C)CC(F)(F)F.I. The van der Waals surface area contributed by atoms with Crippen molar-refractivity contribution in [2.75, 3.05) is 46.4 Å². The van der Waals surface area contributed by atoms with Crippen LogP contribution in [0, 0.1) is 0 Å². The summed E-state index contributed by atoms with van der Waals surface area (Å²) in [4.78, 5) is 5.59. The molecule has 0 fully saturated rings. The highest BCUT2D eigenvalue weighted by atomic mass is 127. The van der Waals surface area contributed by atoms with Crippen LogP contribution >= 0.6 is 24.0 Å². The lowest BCUT2D eigenvalue weighted by atomic mass is 10.4. The van der Waals surface area contributed by atoms with Crippen molar-refractivity contribution in [3.05, 3.63) is 24.2 Å². The van der Waals surface area contributed by atoms with Crippen molar-refractivity contribution in [1.82, 2.24) is 15.5 Å². The Morgan fingerprint density at radius 2 is 2.12 bits per heavy atom. The molecule has 152 valence electrons. The van der Waals surface area contributed by atoms with Crippen molar-refractivity contribution in [2.45, 2.75) is 26.1 Å². The first-order chi connectivity index (χ1) is 11.9. The molecule has 0 spiro atoms. The van der Waals surface area contributed by atoms with Crippen molar-refractivity contribution in [3.63, 3.8) is 0 Å². The maximum atomic E-state index is 12.3. The molecule has 0 radical (unpaired) electrons. The molecule has 0 saturated heterocycles. The maximum absolute atomic E-state index is 12.3. The summed E-state index contributed by atoms with van der Waals surface area (Å²) < 4.78 is 47.4. The molecule has 0 unspecified atom stereocenters. The van der Waals surface area contributed by atoms with E-state index in [9.17, 15) is 13.2 Å². The number of hydrogen-bond acceptors (Lipinski definition) is 4. The van der Waals surface area contributed by atoms with Gasteiger partial charge >= 0.3 is 6.18 Å². The first-order valence-corrected chi connectivity index (χ1v) is 8.28. The predicted octanol–water partition coefficient (Wildman–Crippen LogP) is 2.85. The zero-order valence-electron chi connectivity index (χ0n) is 15.1. The van der Waals surface area contributed by atoms with E-state index in [-0.39, 0.29) is 30.5 Å². The number of furan rings is 1. The number of ether oxygens (including phenoxy) is 1. The molecule has 6 nitrogen and oxygen atoms in total. The summed E-state index contributed by atoms with van der Waals surface area (Å²) in [5, 5.41) is 6.08. The third kappa shape index (κ3) is 13.2. The molecule has 0 aromatic carbocycles. The monoisotopic (exact) mass is 492 g/mol. The van der Waals surface area contributed by atoms with Crippen LogP contribution in [-0.4, -0.2) is 63.4 Å². The first kappa shape index (κ1) is 25.0. The maximum Gasteiger partial charge on any atom is 0.401 e. The van der Waals surface area contributed by atoms with Gasteiger partial charge in [0.25, 0.3) is 0 Å². The molecular weight excluding hydrogens is 464 g/mol. The average Bonchev–Trinajstić information content (AvgIpc) is 3.02. The number of hydrogen-bond donors (Lipinski definition) is 2. The summed E-state index contributed by atoms with van der Waals surface area (Å²) in [5.74, 6) is 1.37. The van der Waals surface area contributed by atoms with E-state index in [4.69, 9.17) is 9.15 Å². The van der Waals surface area contributed by atoms with E-state index in [1.165, 1.54) is 11.9 Å². The Hall–Kier alpha value is -1.01. The van der Waals surface area contributed by atoms with Gasteiger partial charge in [0.15, 0.2) is 5.96 Å². The lowest BCUT2D eigenvalue weighted by Gasteiger charge is -2.19. The average molecular weight is 492 g/mol. The molecule has 0 aliphatic heterocycles. The van der Waals surface area contributed by atoms with E-state index in [0.29, 0.717) is 38.8 Å². The fourth-order valence-electron chi connectivity index (χ4n) is 2.02. The topological polar surface area (TPSA) is 62.0 Å². The third-order valence-corrected chi connectivity index (χ3v) is 3.12. The number of halogens is 4. The second-order valence-corrected chi connectivity index (χ2v) is 5.53. The van der Waals surface area contributed by atoms with Gasteiger partial charge in [0.2, 0.25) is 0 Å². The second-order valence-electron chi connectivity index (χ2n) is 5.53. The zero-order chi connectivity index (χ0) is 18.5. The van der Waals surface area contributed by atoms with Crippen molar-refractivity contribution in [2.24, 2.45) is 4.99 Å². The quantitative estimate of drug-likeness (QED) is 0.215. The highest BCUT2D eigenvalue weighted by molar-refractivity contribution is 14.0. The summed E-state index contributed by atoms with van der Waals surface area (Å²) >= 11 is 0. The van der Waals surface area contributed by atoms with E-state index in [2.05, 4.69) is 15.6 Å². The van der Waals surface area contributed by atoms with E-state index in [0.717, 1.165) is 12.2 Å². The van der Waals surface area contributed by atoms with Crippen LogP contribution in [0.2, 0.25) is 0 Å². The number of aliphatic imine (C=N–C) groups is 1. The van der Waals surface area contributed by atoms with Gasteiger partial charge < -0.3 is 19.8 Å². The number of rotatable bonds is 11. The standard InChI is InChI=1S/C16H27F3N4O2.HI/c1-3-20-15(22-8-9-23(2)13-16(17,18)19)21-7-5-10-24-12-14-6-4-11-25-14;/h4,6,11H,3,5,7-10,12-13H2,1-2H3,(H2,20,21,22);1H. The van der Waals surface area contributed by atoms with E-state index in [1.807, 2.05) is 19.1 Å². The van der Waals surface area contributed by atoms with E-state index in [1.54, 1.807) is 6.26 Å². The molecule has 1 aromatic rings. The number of alkyl halides is 3. The lowest BCUT2D eigenvalue weighted by molar-refractivity contribution is -0.142. The smallest absolute Gasteiger partial charge is 0.401 e. The predicted molar refractivity (Wildman–Crippen MR) is 106 cm³/mol. The largest absolute Gasteiger partial charge is 0.467 e. The third-order valence-electron chi connectivity index (χ3n) is 3.12. The Labute approximate surface area is 169 Å². The summed E-state index contributed by atoms with van der Waals surface area (Å²) in [5.41, 5.74) is 0. The van der Waals surface area contributed by atoms with Crippen LogP contribution in [0.25, 0.3) is 0 Å². The molecule has 26 heavy (non-hydrogen) atoms. The molecule has 2 N–H and O–H groups in total. The molecular formula is C16H28F3IN4O2. The Morgan fingerprint density at radius 1 is 1.35 bits per heavy atom. The molecule has 10 heteroatoms. The summed E-state index contributed by atoms with van der Waals surface area (Å²) in [6.07, 6.45) is -1.84. The molecule has 0 aliphatic rings. The zero-order valence-corrected chi connectivity index (χ0v) is 17.5. The van der Waals surface area contributed by atoms with Gasteiger partial charge in [0, 0.05) is 32.8 Å². The molecule has 1 rings (SSSR count). The Morgan fingerprint density at radius 3 is 2.73 bits per heavy atom. The fraction of sp³-hybridized carbons (Fsp3) is 0.688. The van der Waals surface area contributed by atoms with Gasteiger partial charge in [-0.1, -0.05) is 0 Å². The van der Waals surface area contributed by atoms with Crippen LogP contribution in [0.3, 0.4) is 0 Å². The molecule has 1 heterocycles. The molecule has 0 atom stereocenters. The fourth-order valence-corrected chi connectivity index (χ4v) is 2.02. The van der Waals surface area contributed by atoms with Gasteiger partial charge in [0.05, 0.1) is 12.8 Å². The molecule has 0 aliphatic carbocycles. The minimum absolute atomic E-state index is 0. The van der Waals surface area contributed by atoms with Crippen LogP contribution in [0.15, 0.2) is 27.8 Å². The van der Waals surface area contributed by atoms with Gasteiger partial charge in [-0.15, -0.1) is 24.0 Å². The van der Waals surface area contributed by atoms with Gasteiger partial charge in [-0.3, -0.25) is 9.89 Å². The van der Waals surface area contributed by atoms with Crippen molar-refractivity contribution < 1.29 is 22.3 Å². The Kier molecular flexibility index (Phi) is 13.6. The Bertz CT molecular complexity index is 484. The normalized spacial score (nSPS) is 12.2. The Balaban J connectivity index is 0.00000625. The van der Waals surface area contributed by atoms with Crippen LogP contribution in [0.1, 0.15) is 19.1 Å². The van der Waals surface area contributed by atoms with Gasteiger partial charge in [-0.25, -0.2) is 0 Å². The lowest BCUT2D eigenvalue weighted by Crippen LogP contribution is -2.42. The van der Waals surface area contributed by atoms with Crippen LogP contribution in [-0.2, 0) is 11.3 Å². The molecule has 1 aromatic heterocycles. The summed E-state index contributed by atoms with van der Waals surface area (Å²) in [7, 11) is 1.44. The van der Waals surface area contributed by atoms with E-state index >= 15 is 0 Å². The second kappa shape index (κ2) is 14.1. The molecule has 0 amide bonds. The molecule has 0 bridgehead atoms. The van der Waals surface area contributed by atoms with Crippen LogP contribution < -0.4 is 10.6 Å². The number of nitrogens with zero attached hydrogens (tertiary/aromatic N) is 2. The number of nitrogens with one attached hydrogen (secondary N) is 2. The highest BCUT2D eigenvalue weighted by Gasteiger charge is 2.28. The van der Waals surface area contributed by atoms with Gasteiger partial charge in [-0.2, -0.15) is 13.2 Å². The first-order valence-electron chi connectivity index (χ1n) is 8.28. The summed E-state index contributed by atoms with van der Waals surface area (Å²) in [6, 6.07) is 3.66. The van der Waals surface area contributed by atoms with Crippen molar-refractivity contribution in [3.8, 4) is 0 Å². The minimum atomic E-state index is -4.18. The van der Waals surface area contributed by atoms with E-state index < -0.39 is 12.7 Å². The van der Waals surface area contributed by atoms with Gasteiger partial charge in [-0.05, 0) is 32.5 Å². The highest BCUT2D eigenvalue weighted by Crippen LogP contribution is 2.14. The van der Waals surface area contributed by atoms with Crippen molar-refractivity contribution in [1.29, 1.82) is 0 Å². The van der Waals surface area contributed by atoms with Crippen molar-refractivity contribution >= 4 is 29.9 Å². The number of guanidine groups is 1. The van der Waals surface area contributed by atoms with Gasteiger partial charge in [0.1, 0.15) is 12.4 Å². The molecule has 0 saturated carbocycles. The van der Waals surface area contributed by atoms with Crippen LogP contribution in [0.5, 0.6) is 0 Å². The summed E-state index contributed by atoms with van der Waals surface area (Å²) in [6.45, 7) is 3.89. The minimum Gasteiger partial charge on any atom is -0.467 e. The number of likely N-dealkylation sites (N-methyl/N-ethyl adjacent to an activating group) is 1.